The van der Waals surface area contributed by atoms with Gasteiger partial charge in [0.2, 0.25) is 5.91 Å². The minimum Gasteiger partial charge on any atom is -0.329 e. The number of carbonyl (C=O) groups is 2. The number of hydrogen-bond donors (Lipinski definition) is 3. The van der Waals surface area contributed by atoms with Gasteiger partial charge in [0.15, 0.2) is 0 Å². The number of benzene rings is 2. The summed E-state index contributed by atoms with van der Waals surface area (Å²) in [5, 5.41) is 6.29. The Morgan fingerprint density at radius 1 is 0.786 bits per heavy atom. The van der Waals surface area contributed by atoms with E-state index in [2.05, 4.69) is 10.6 Å². The maximum atomic E-state index is 12.9. The van der Waals surface area contributed by atoms with E-state index in [1.807, 2.05) is 5.32 Å². The molecule has 0 unspecified atom stereocenters. The molecule has 150 valence electrons. The molecule has 0 saturated heterocycles. The number of carbonyl (C=O) groups excluding carboxylic acids is 2. The summed E-state index contributed by atoms with van der Waals surface area (Å²) in [6.45, 7) is -0.610. The van der Waals surface area contributed by atoms with Crippen molar-refractivity contribution in [3.8, 4) is 0 Å². The summed E-state index contributed by atoms with van der Waals surface area (Å²) in [5.41, 5.74) is -2.39. The van der Waals surface area contributed by atoms with E-state index in [0.717, 1.165) is 42.5 Å². The lowest BCUT2D eigenvalue weighted by atomic mass is 10.1. The topological polar surface area (TPSA) is 70.2 Å². The van der Waals surface area contributed by atoms with Gasteiger partial charge in [-0.2, -0.15) is 26.3 Å². The average Bonchev–Trinajstić information content (AvgIpc) is 2.59. The summed E-state index contributed by atoms with van der Waals surface area (Å²) < 4.78 is 75.9. The van der Waals surface area contributed by atoms with E-state index in [0.29, 0.717) is 0 Å². The van der Waals surface area contributed by atoms with Gasteiger partial charge in [0.25, 0.3) is 0 Å². The number of urea groups is 1. The van der Waals surface area contributed by atoms with Gasteiger partial charge >= 0.3 is 18.4 Å². The summed E-state index contributed by atoms with van der Waals surface area (Å²) in [6.07, 6.45) is -9.20. The molecular weight excluding hydrogens is 392 g/mol. The predicted molar refractivity (Wildman–Crippen MR) is 88.5 cm³/mol. The molecule has 0 fully saturated rings. The van der Waals surface area contributed by atoms with Crippen LogP contribution in [0.4, 0.5) is 42.5 Å². The highest BCUT2D eigenvalue weighted by molar-refractivity contribution is 5.97. The second-order valence-electron chi connectivity index (χ2n) is 5.47. The van der Waals surface area contributed by atoms with E-state index in [4.69, 9.17) is 0 Å². The molecule has 0 aliphatic rings. The van der Waals surface area contributed by atoms with Crippen molar-refractivity contribution in [2.45, 2.75) is 12.4 Å². The molecule has 5 nitrogen and oxygen atoms in total. The Morgan fingerprint density at radius 2 is 1.39 bits per heavy atom. The molecule has 0 aliphatic carbocycles. The number of anilines is 2. The van der Waals surface area contributed by atoms with Gasteiger partial charge in [-0.3, -0.25) is 4.79 Å². The molecule has 0 radical (unpaired) electrons. The molecule has 11 heteroatoms. The van der Waals surface area contributed by atoms with Crippen molar-refractivity contribution < 1.29 is 35.9 Å². The normalized spacial score (nSPS) is 11.6. The van der Waals surface area contributed by atoms with E-state index in [9.17, 15) is 35.9 Å². The Hall–Kier alpha value is -3.24. The van der Waals surface area contributed by atoms with Crippen LogP contribution in [0.1, 0.15) is 11.1 Å². The van der Waals surface area contributed by atoms with Crippen LogP contribution in [0.15, 0.2) is 48.5 Å². The van der Waals surface area contributed by atoms with Gasteiger partial charge in [-0.1, -0.05) is 12.1 Å². The van der Waals surface area contributed by atoms with Gasteiger partial charge < -0.3 is 16.0 Å². The Kier molecular flexibility index (Phi) is 6.16. The van der Waals surface area contributed by atoms with Crippen LogP contribution in [0, 0.1) is 0 Å². The van der Waals surface area contributed by atoms with Gasteiger partial charge in [-0.05, 0) is 36.4 Å². The van der Waals surface area contributed by atoms with Crippen LogP contribution in [-0.2, 0) is 17.1 Å². The zero-order valence-electron chi connectivity index (χ0n) is 13.9. The zero-order chi connectivity index (χ0) is 20.9. The molecule has 0 atom stereocenters. The van der Waals surface area contributed by atoms with Crippen LogP contribution in [0.3, 0.4) is 0 Å². The third-order valence-electron chi connectivity index (χ3n) is 3.39. The number of alkyl halides is 6. The van der Waals surface area contributed by atoms with Crippen molar-refractivity contribution >= 4 is 23.3 Å². The highest BCUT2D eigenvalue weighted by Crippen LogP contribution is 2.34. The average molecular weight is 405 g/mol. The lowest BCUT2D eigenvalue weighted by Crippen LogP contribution is -2.36. The van der Waals surface area contributed by atoms with Crippen molar-refractivity contribution in [3.05, 3.63) is 59.7 Å². The quantitative estimate of drug-likeness (QED) is 0.657. The highest BCUT2D eigenvalue weighted by Gasteiger charge is 2.33. The van der Waals surface area contributed by atoms with Crippen molar-refractivity contribution in [2.24, 2.45) is 0 Å². The Labute approximate surface area is 154 Å². The molecule has 0 bridgehead atoms. The van der Waals surface area contributed by atoms with Gasteiger partial charge in [-0.15, -0.1) is 0 Å². The molecule has 3 amide bonds. The maximum Gasteiger partial charge on any atom is 0.418 e. The lowest BCUT2D eigenvalue weighted by molar-refractivity contribution is -0.138. The first-order valence-corrected chi connectivity index (χ1v) is 7.65. The number of nitrogens with one attached hydrogen (secondary N) is 3. The lowest BCUT2D eigenvalue weighted by Gasteiger charge is -2.14. The summed E-state index contributed by atoms with van der Waals surface area (Å²) in [7, 11) is 0. The van der Waals surface area contributed by atoms with Gasteiger partial charge in [-0.25, -0.2) is 4.79 Å². The standard InChI is InChI=1S/C17H13F6N3O2/c18-16(19,20)10-5-7-11(8-6-10)25-14(27)9-24-15(28)26-13-4-2-1-3-12(13)17(21,22)23/h1-8H,9H2,(H,25,27)(H2,24,26,28). The van der Waals surface area contributed by atoms with Gasteiger partial charge in [0, 0.05) is 5.69 Å². The molecule has 2 rings (SSSR count). The number of para-hydroxylation sites is 1. The molecule has 0 heterocycles. The summed E-state index contributed by atoms with van der Waals surface area (Å²) in [4.78, 5) is 23.4. The second-order valence-corrected chi connectivity index (χ2v) is 5.47. The largest absolute Gasteiger partial charge is 0.418 e. The van der Waals surface area contributed by atoms with E-state index < -0.39 is 47.6 Å². The molecule has 28 heavy (non-hydrogen) atoms. The third-order valence-corrected chi connectivity index (χ3v) is 3.39. The van der Waals surface area contributed by atoms with Crippen molar-refractivity contribution in [1.82, 2.24) is 5.32 Å². The van der Waals surface area contributed by atoms with Crippen LogP contribution in [-0.4, -0.2) is 18.5 Å². The SMILES string of the molecule is O=C(CNC(=O)Nc1ccccc1C(F)(F)F)Nc1ccc(C(F)(F)F)cc1. The van der Waals surface area contributed by atoms with Crippen LogP contribution < -0.4 is 16.0 Å². The molecular formula is C17H13F6N3O2. The smallest absolute Gasteiger partial charge is 0.329 e. The van der Waals surface area contributed by atoms with Crippen LogP contribution in [0.2, 0.25) is 0 Å². The van der Waals surface area contributed by atoms with E-state index in [-0.39, 0.29) is 5.69 Å². The maximum absolute atomic E-state index is 12.9. The van der Waals surface area contributed by atoms with Gasteiger partial charge in [0.05, 0.1) is 23.4 Å². The summed E-state index contributed by atoms with van der Waals surface area (Å²) in [6, 6.07) is 6.82. The molecule has 0 aliphatic heterocycles. The summed E-state index contributed by atoms with van der Waals surface area (Å²) >= 11 is 0. The van der Waals surface area contributed by atoms with E-state index in [1.165, 1.54) is 6.07 Å². The van der Waals surface area contributed by atoms with Crippen molar-refractivity contribution in [3.63, 3.8) is 0 Å². The van der Waals surface area contributed by atoms with Crippen molar-refractivity contribution in [2.75, 3.05) is 17.2 Å². The minimum absolute atomic E-state index is 0.0580. The molecule has 3 N–H and O–H groups in total. The first-order valence-electron chi connectivity index (χ1n) is 7.65. The molecule has 2 aromatic carbocycles. The fraction of sp³-hybridized carbons (Fsp3) is 0.176. The number of rotatable bonds is 4. The van der Waals surface area contributed by atoms with E-state index >= 15 is 0 Å². The Morgan fingerprint density at radius 3 is 1.96 bits per heavy atom. The van der Waals surface area contributed by atoms with Gasteiger partial charge in [0.1, 0.15) is 0 Å². The molecule has 0 aromatic heterocycles. The second kappa shape index (κ2) is 8.19. The number of hydrogen-bond acceptors (Lipinski definition) is 2. The minimum atomic E-state index is -4.68. The molecule has 0 spiro atoms. The first-order chi connectivity index (χ1) is 13.0. The monoisotopic (exact) mass is 405 g/mol. The van der Waals surface area contributed by atoms with Crippen LogP contribution in [0.25, 0.3) is 0 Å². The Balaban J connectivity index is 1.89. The number of halogens is 6. The molecule has 0 saturated carbocycles. The third kappa shape index (κ3) is 5.89. The summed E-state index contributed by atoms with van der Waals surface area (Å²) in [5.74, 6) is -0.779. The Bertz CT molecular complexity index is 847. The van der Waals surface area contributed by atoms with Crippen LogP contribution >= 0.6 is 0 Å². The van der Waals surface area contributed by atoms with Crippen LogP contribution in [0.5, 0.6) is 0 Å². The fourth-order valence-corrected chi connectivity index (χ4v) is 2.11. The first kappa shape index (κ1) is 21.1. The fourth-order valence-electron chi connectivity index (χ4n) is 2.11. The zero-order valence-corrected chi connectivity index (χ0v) is 13.9. The number of amides is 3. The predicted octanol–water partition coefficient (Wildman–Crippen LogP) is 4.48. The van der Waals surface area contributed by atoms with Crippen molar-refractivity contribution in [1.29, 1.82) is 0 Å². The van der Waals surface area contributed by atoms with E-state index in [1.54, 1.807) is 0 Å². The highest BCUT2D eigenvalue weighted by atomic mass is 19.4. The molecule has 2 aromatic rings.